The molecule has 1 amide bonds. The lowest BCUT2D eigenvalue weighted by atomic mass is 10.2. The molecule has 1 fully saturated rings. The number of nitrogens with one attached hydrogen (secondary N) is 1. The van der Waals surface area contributed by atoms with Crippen molar-refractivity contribution in [1.29, 1.82) is 0 Å². The van der Waals surface area contributed by atoms with Crippen LogP contribution in [-0.2, 0) is 9.53 Å². The molecule has 1 aliphatic heterocycles. The Hall–Kier alpha value is -0.570. The second kappa shape index (κ2) is 3.72. The molecule has 0 aromatic rings. The van der Waals surface area contributed by atoms with Crippen molar-refractivity contribution in [3.63, 3.8) is 0 Å². The van der Waals surface area contributed by atoms with Gasteiger partial charge in [-0.1, -0.05) is 13.8 Å². The van der Waals surface area contributed by atoms with Crippen LogP contribution < -0.4 is 5.32 Å². The summed E-state index contributed by atoms with van der Waals surface area (Å²) in [6.45, 7) is 5.25. The van der Waals surface area contributed by atoms with Crippen LogP contribution in [0.5, 0.6) is 0 Å². The van der Waals surface area contributed by atoms with Gasteiger partial charge in [-0.3, -0.25) is 4.79 Å². The Morgan fingerprint density at radius 2 is 2.36 bits per heavy atom. The zero-order chi connectivity index (χ0) is 8.27. The first-order chi connectivity index (χ1) is 5.20. The molecule has 64 valence electrons. The number of carbonyl (C=O) groups is 1. The highest BCUT2D eigenvalue weighted by molar-refractivity contribution is 5.78. The van der Waals surface area contributed by atoms with Crippen LogP contribution in [0.25, 0.3) is 0 Å². The molecular formula is C8H15NO2. The number of ether oxygens (including phenoxy) is 1. The van der Waals surface area contributed by atoms with Crippen LogP contribution >= 0.6 is 0 Å². The highest BCUT2D eigenvalue weighted by Crippen LogP contribution is 2.04. The Bertz CT molecular complexity index is 139. The lowest BCUT2D eigenvalue weighted by Gasteiger charge is -2.11. The van der Waals surface area contributed by atoms with E-state index in [0.29, 0.717) is 6.61 Å². The summed E-state index contributed by atoms with van der Waals surface area (Å²) in [5.41, 5.74) is 0. The van der Waals surface area contributed by atoms with Crippen molar-refractivity contribution < 1.29 is 9.53 Å². The quantitative estimate of drug-likeness (QED) is 0.635. The molecule has 1 saturated heterocycles. The maximum absolute atomic E-state index is 11.1. The van der Waals surface area contributed by atoms with Gasteiger partial charge in [-0.2, -0.15) is 0 Å². The van der Waals surface area contributed by atoms with E-state index in [1.54, 1.807) is 0 Å². The van der Waals surface area contributed by atoms with Gasteiger partial charge in [0.25, 0.3) is 0 Å². The summed E-state index contributed by atoms with van der Waals surface area (Å²) in [5.74, 6) is 0.205. The van der Waals surface area contributed by atoms with Gasteiger partial charge in [0.05, 0.1) is 12.6 Å². The summed E-state index contributed by atoms with van der Waals surface area (Å²) in [6, 6.07) is 0.255. The molecular weight excluding hydrogens is 142 g/mol. The minimum atomic E-state index is 0.0793. The molecule has 0 aliphatic carbocycles. The number of hydrogen-bond acceptors (Lipinski definition) is 2. The van der Waals surface area contributed by atoms with Crippen LogP contribution in [0.2, 0.25) is 0 Å². The molecule has 0 radical (unpaired) electrons. The predicted molar refractivity (Wildman–Crippen MR) is 42.2 cm³/mol. The van der Waals surface area contributed by atoms with Gasteiger partial charge >= 0.3 is 0 Å². The van der Waals surface area contributed by atoms with Gasteiger partial charge in [-0.05, 0) is 6.42 Å². The molecule has 0 unspecified atom stereocenters. The van der Waals surface area contributed by atoms with E-state index >= 15 is 0 Å². The first-order valence-electron chi connectivity index (χ1n) is 4.08. The first kappa shape index (κ1) is 8.53. The Labute approximate surface area is 67.1 Å². The summed E-state index contributed by atoms with van der Waals surface area (Å²) in [5, 5.41) is 2.91. The van der Waals surface area contributed by atoms with Crippen molar-refractivity contribution in [2.24, 2.45) is 5.92 Å². The van der Waals surface area contributed by atoms with Crippen LogP contribution in [0.15, 0.2) is 0 Å². The molecule has 0 saturated carbocycles. The maximum atomic E-state index is 11.1. The minimum absolute atomic E-state index is 0.0793. The van der Waals surface area contributed by atoms with Crippen LogP contribution in [0.3, 0.4) is 0 Å². The van der Waals surface area contributed by atoms with Gasteiger partial charge in [-0.25, -0.2) is 0 Å². The largest absolute Gasteiger partial charge is 0.379 e. The Kier molecular flexibility index (Phi) is 2.88. The van der Waals surface area contributed by atoms with E-state index in [-0.39, 0.29) is 17.9 Å². The summed E-state index contributed by atoms with van der Waals surface area (Å²) >= 11 is 0. The van der Waals surface area contributed by atoms with E-state index < -0.39 is 0 Å². The molecule has 0 aromatic carbocycles. The lowest BCUT2D eigenvalue weighted by molar-refractivity contribution is -0.124. The predicted octanol–water partition coefficient (Wildman–Crippen LogP) is 0.547. The summed E-state index contributed by atoms with van der Waals surface area (Å²) in [6.07, 6.45) is 0.957. The van der Waals surface area contributed by atoms with Crippen molar-refractivity contribution in [2.75, 3.05) is 13.2 Å². The Morgan fingerprint density at radius 1 is 1.64 bits per heavy atom. The molecule has 0 aromatic heterocycles. The Balaban J connectivity index is 2.24. The van der Waals surface area contributed by atoms with Crippen molar-refractivity contribution in [1.82, 2.24) is 5.32 Å². The van der Waals surface area contributed by atoms with Gasteiger partial charge in [0.1, 0.15) is 0 Å². The van der Waals surface area contributed by atoms with Gasteiger partial charge in [-0.15, -0.1) is 0 Å². The van der Waals surface area contributed by atoms with E-state index in [4.69, 9.17) is 4.74 Å². The SMILES string of the molecule is CC(C)C(=O)N[C@H]1CCOC1. The molecule has 1 heterocycles. The van der Waals surface area contributed by atoms with Crippen LogP contribution in [0.1, 0.15) is 20.3 Å². The molecule has 1 rings (SSSR count). The highest BCUT2D eigenvalue weighted by atomic mass is 16.5. The lowest BCUT2D eigenvalue weighted by Crippen LogP contribution is -2.37. The maximum Gasteiger partial charge on any atom is 0.222 e. The monoisotopic (exact) mass is 157 g/mol. The zero-order valence-electron chi connectivity index (χ0n) is 7.09. The molecule has 3 nitrogen and oxygen atoms in total. The first-order valence-corrected chi connectivity index (χ1v) is 4.08. The fourth-order valence-electron chi connectivity index (χ4n) is 1.02. The summed E-state index contributed by atoms with van der Waals surface area (Å²) < 4.78 is 5.12. The van der Waals surface area contributed by atoms with Gasteiger partial charge in [0, 0.05) is 12.5 Å². The topological polar surface area (TPSA) is 38.3 Å². The standard InChI is InChI=1S/C8H15NO2/c1-6(2)8(10)9-7-3-4-11-5-7/h6-7H,3-5H2,1-2H3,(H,9,10)/t7-/m0/s1. The van der Waals surface area contributed by atoms with E-state index in [2.05, 4.69) is 5.32 Å². The zero-order valence-corrected chi connectivity index (χ0v) is 7.09. The van der Waals surface area contributed by atoms with Crippen molar-refractivity contribution in [3.05, 3.63) is 0 Å². The van der Waals surface area contributed by atoms with Crippen molar-refractivity contribution in [2.45, 2.75) is 26.3 Å². The number of carbonyl (C=O) groups excluding carboxylic acids is 1. The molecule has 11 heavy (non-hydrogen) atoms. The van der Waals surface area contributed by atoms with Crippen LogP contribution in [0, 0.1) is 5.92 Å². The summed E-state index contributed by atoms with van der Waals surface area (Å²) in [4.78, 5) is 11.1. The molecule has 1 aliphatic rings. The molecule has 0 spiro atoms. The second-order valence-electron chi connectivity index (χ2n) is 3.22. The van der Waals surface area contributed by atoms with Gasteiger partial charge < -0.3 is 10.1 Å². The van der Waals surface area contributed by atoms with Crippen LogP contribution in [0.4, 0.5) is 0 Å². The van der Waals surface area contributed by atoms with E-state index in [1.165, 1.54) is 0 Å². The third-order valence-electron chi connectivity index (χ3n) is 1.80. The van der Waals surface area contributed by atoms with Crippen molar-refractivity contribution >= 4 is 5.91 Å². The van der Waals surface area contributed by atoms with E-state index in [0.717, 1.165) is 13.0 Å². The number of amides is 1. The normalized spacial score (nSPS) is 24.1. The van der Waals surface area contributed by atoms with Crippen LogP contribution in [-0.4, -0.2) is 25.2 Å². The van der Waals surface area contributed by atoms with E-state index in [1.807, 2.05) is 13.8 Å². The highest BCUT2D eigenvalue weighted by Gasteiger charge is 2.18. The average Bonchev–Trinajstić information content (AvgIpc) is 2.39. The smallest absolute Gasteiger partial charge is 0.222 e. The second-order valence-corrected chi connectivity index (χ2v) is 3.22. The average molecular weight is 157 g/mol. The number of rotatable bonds is 2. The number of hydrogen-bond donors (Lipinski definition) is 1. The molecule has 0 bridgehead atoms. The minimum Gasteiger partial charge on any atom is -0.379 e. The van der Waals surface area contributed by atoms with Crippen molar-refractivity contribution in [3.8, 4) is 0 Å². The molecule has 1 N–H and O–H groups in total. The van der Waals surface area contributed by atoms with E-state index in [9.17, 15) is 4.79 Å². The fourth-order valence-corrected chi connectivity index (χ4v) is 1.02. The molecule has 1 atom stereocenters. The summed E-state index contributed by atoms with van der Waals surface area (Å²) in [7, 11) is 0. The fraction of sp³-hybridized carbons (Fsp3) is 0.875. The third-order valence-corrected chi connectivity index (χ3v) is 1.80. The van der Waals surface area contributed by atoms with Gasteiger partial charge in [0.15, 0.2) is 0 Å². The molecule has 3 heteroatoms. The van der Waals surface area contributed by atoms with Gasteiger partial charge in [0.2, 0.25) is 5.91 Å². The Morgan fingerprint density at radius 3 is 2.82 bits per heavy atom. The third kappa shape index (κ3) is 2.50.